The summed E-state index contributed by atoms with van der Waals surface area (Å²) in [6.07, 6.45) is 1.55. The summed E-state index contributed by atoms with van der Waals surface area (Å²) in [6.45, 7) is 3.35. The molecule has 0 aromatic carbocycles. The normalized spacial score (nSPS) is 27.3. The Morgan fingerprint density at radius 3 is 2.50 bits per heavy atom. The minimum atomic E-state index is -0.666. The van der Waals surface area contributed by atoms with Crippen LogP contribution in [0.15, 0.2) is 0 Å². The van der Waals surface area contributed by atoms with Crippen LogP contribution >= 0.6 is 0 Å². The number of nitrogens with two attached hydrogens (primary N) is 1. The molecule has 0 aromatic heterocycles. The lowest BCUT2D eigenvalue weighted by Gasteiger charge is -2.23. The summed E-state index contributed by atoms with van der Waals surface area (Å²) < 4.78 is 10.7. The van der Waals surface area contributed by atoms with E-state index in [9.17, 15) is 4.79 Å². The first-order valence-corrected chi connectivity index (χ1v) is 4.89. The van der Waals surface area contributed by atoms with Gasteiger partial charge in [-0.1, -0.05) is 0 Å². The van der Waals surface area contributed by atoms with E-state index in [0.29, 0.717) is 19.8 Å². The van der Waals surface area contributed by atoms with Crippen LogP contribution in [-0.2, 0) is 14.3 Å². The fraction of sp³-hybridized carbons (Fsp3) is 0.889. The first kappa shape index (κ1) is 9.89. The zero-order valence-corrected chi connectivity index (χ0v) is 8.34. The van der Waals surface area contributed by atoms with Crippen molar-refractivity contribution in [2.75, 3.05) is 19.8 Å². The maximum absolute atomic E-state index is 11.5. The number of ether oxygens (including phenoxy) is 2. The SMILES string of the molecule is CC1(CNC(=O)C2(N)CC2)OCCO1. The lowest BCUT2D eigenvalue weighted by Crippen LogP contribution is -2.48. The van der Waals surface area contributed by atoms with Crippen molar-refractivity contribution in [3.63, 3.8) is 0 Å². The van der Waals surface area contributed by atoms with E-state index in [-0.39, 0.29) is 5.91 Å². The molecule has 0 bridgehead atoms. The van der Waals surface area contributed by atoms with Crippen LogP contribution in [0.3, 0.4) is 0 Å². The van der Waals surface area contributed by atoms with Gasteiger partial charge in [-0.05, 0) is 19.8 Å². The molecule has 1 aliphatic heterocycles. The monoisotopic (exact) mass is 200 g/mol. The number of amides is 1. The van der Waals surface area contributed by atoms with Gasteiger partial charge in [0.2, 0.25) is 5.91 Å². The van der Waals surface area contributed by atoms with Gasteiger partial charge in [-0.15, -0.1) is 0 Å². The maximum Gasteiger partial charge on any atom is 0.240 e. The Bertz CT molecular complexity index is 244. The van der Waals surface area contributed by atoms with Gasteiger partial charge < -0.3 is 20.5 Å². The van der Waals surface area contributed by atoms with Crippen LogP contribution < -0.4 is 11.1 Å². The van der Waals surface area contributed by atoms with Crippen molar-refractivity contribution in [2.45, 2.75) is 31.1 Å². The molecule has 1 amide bonds. The van der Waals surface area contributed by atoms with E-state index in [4.69, 9.17) is 15.2 Å². The molecule has 3 N–H and O–H groups in total. The van der Waals surface area contributed by atoms with Gasteiger partial charge in [0.15, 0.2) is 5.79 Å². The van der Waals surface area contributed by atoms with Crippen LogP contribution in [0.4, 0.5) is 0 Å². The highest BCUT2D eigenvalue weighted by Gasteiger charge is 2.46. The Labute approximate surface area is 82.9 Å². The number of hydrogen-bond donors (Lipinski definition) is 2. The quantitative estimate of drug-likeness (QED) is 0.635. The maximum atomic E-state index is 11.5. The summed E-state index contributed by atoms with van der Waals surface area (Å²) >= 11 is 0. The van der Waals surface area contributed by atoms with Gasteiger partial charge in [-0.25, -0.2) is 0 Å². The molecule has 5 heteroatoms. The summed E-state index contributed by atoms with van der Waals surface area (Å²) in [7, 11) is 0. The highest BCUT2D eigenvalue weighted by molar-refractivity contribution is 5.88. The summed E-state index contributed by atoms with van der Waals surface area (Å²) in [6, 6.07) is 0. The summed E-state index contributed by atoms with van der Waals surface area (Å²) in [5.74, 6) is -0.765. The minimum absolute atomic E-state index is 0.0992. The van der Waals surface area contributed by atoms with E-state index in [0.717, 1.165) is 12.8 Å². The first-order valence-electron chi connectivity index (χ1n) is 4.89. The van der Waals surface area contributed by atoms with E-state index in [1.165, 1.54) is 0 Å². The molecule has 0 spiro atoms. The molecule has 1 saturated carbocycles. The zero-order chi connectivity index (χ0) is 10.2. The molecule has 0 radical (unpaired) electrons. The number of hydrogen-bond acceptors (Lipinski definition) is 4. The van der Waals surface area contributed by atoms with Crippen LogP contribution in [0.2, 0.25) is 0 Å². The first-order chi connectivity index (χ1) is 6.54. The third-order valence-electron chi connectivity index (χ3n) is 2.71. The van der Waals surface area contributed by atoms with Gasteiger partial charge in [0.1, 0.15) is 0 Å². The Balaban J connectivity index is 1.79. The highest BCUT2D eigenvalue weighted by atomic mass is 16.7. The van der Waals surface area contributed by atoms with Crippen LogP contribution in [0.1, 0.15) is 19.8 Å². The second kappa shape index (κ2) is 3.18. The van der Waals surface area contributed by atoms with Crippen molar-refractivity contribution in [3.8, 4) is 0 Å². The van der Waals surface area contributed by atoms with Crippen LogP contribution in [0, 0.1) is 0 Å². The van der Waals surface area contributed by atoms with Crippen LogP contribution in [-0.4, -0.2) is 37.0 Å². The van der Waals surface area contributed by atoms with Gasteiger partial charge in [-0.3, -0.25) is 4.79 Å². The predicted octanol–water partition coefficient (Wildman–Crippen LogP) is -0.643. The third-order valence-corrected chi connectivity index (χ3v) is 2.71. The number of carbonyl (C=O) groups is 1. The lowest BCUT2D eigenvalue weighted by atomic mass is 10.2. The Morgan fingerprint density at radius 1 is 1.43 bits per heavy atom. The second-order valence-corrected chi connectivity index (χ2v) is 4.17. The van der Waals surface area contributed by atoms with Gasteiger partial charge in [0.25, 0.3) is 0 Å². The van der Waals surface area contributed by atoms with Crippen molar-refractivity contribution in [2.24, 2.45) is 5.73 Å². The van der Waals surface area contributed by atoms with Gasteiger partial charge >= 0.3 is 0 Å². The van der Waals surface area contributed by atoms with E-state index in [1.807, 2.05) is 6.92 Å². The molecule has 5 nitrogen and oxygen atoms in total. The van der Waals surface area contributed by atoms with E-state index in [2.05, 4.69) is 5.32 Å². The Morgan fingerprint density at radius 2 is 2.00 bits per heavy atom. The molecular weight excluding hydrogens is 184 g/mol. The summed E-state index contributed by atoms with van der Waals surface area (Å²) in [5.41, 5.74) is 5.11. The smallest absolute Gasteiger partial charge is 0.240 e. The molecule has 0 aromatic rings. The van der Waals surface area contributed by atoms with Crippen LogP contribution in [0.25, 0.3) is 0 Å². The van der Waals surface area contributed by atoms with Gasteiger partial charge in [0, 0.05) is 0 Å². The fourth-order valence-electron chi connectivity index (χ4n) is 1.44. The molecule has 0 unspecified atom stereocenters. The molecule has 1 aliphatic carbocycles. The van der Waals surface area contributed by atoms with Gasteiger partial charge in [0.05, 0.1) is 25.3 Å². The second-order valence-electron chi connectivity index (χ2n) is 4.17. The predicted molar refractivity (Wildman–Crippen MR) is 49.5 cm³/mol. The summed E-state index contributed by atoms with van der Waals surface area (Å²) in [4.78, 5) is 11.5. The Kier molecular flexibility index (Phi) is 2.25. The Hall–Kier alpha value is -0.650. The van der Waals surface area contributed by atoms with Gasteiger partial charge in [-0.2, -0.15) is 0 Å². The van der Waals surface area contributed by atoms with Crippen molar-refractivity contribution in [1.82, 2.24) is 5.32 Å². The molecule has 14 heavy (non-hydrogen) atoms. The molecule has 2 fully saturated rings. The molecule has 2 rings (SSSR count). The van der Waals surface area contributed by atoms with E-state index < -0.39 is 11.3 Å². The van der Waals surface area contributed by atoms with Crippen molar-refractivity contribution < 1.29 is 14.3 Å². The third kappa shape index (κ3) is 1.89. The lowest BCUT2D eigenvalue weighted by molar-refractivity contribution is -0.146. The molecule has 0 atom stereocenters. The average Bonchev–Trinajstić information content (AvgIpc) is 2.75. The molecular formula is C9H16N2O3. The van der Waals surface area contributed by atoms with Crippen molar-refractivity contribution in [1.29, 1.82) is 0 Å². The standard InChI is InChI=1S/C9H16N2O3/c1-8(13-4-5-14-8)6-11-7(12)9(10)2-3-9/h2-6,10H2,1H3,(H,11,12). The molecule has 1 saturated heterocycles. The number of carbonyl (C=O) groups excluding carboxylic acids is 1. The van der Waals surface area contributed by atoms with Crippen molar-refractivity contribution in [3.05, 3.63) is 0 Å². The van der Waals surface area contributed by atoms with Crippen LogP contribution in [0.5, 0.6) is 0 Å². The molecule has 1 heterocycles. The average molecular weight is 200 g/mol. The van der Waals surface area contributed by atoms with Crippen molar-refractivity contribution >= 4 is 5.91 Å². The zero-order valence-electron chi connectivity index (χ0n) is 8.34. The van der Waals surface area contributed by atoms with E-state index >= 15 is 0 Å². The summed E-state index contributed by atoms with van der Waals surface area (Å²) in [5, 5.41) is 2.75. The topological polar surface area (TPSA) is 73.6 Å². The van der Waals surface area contributed by atoms with E-state index in [1.54, 1.807) is 0 Å². The number of rotatable bonds is 3. The largest absolute Gasteiger partial charge is 0.349 e. The fourth-order valence-corrected chi connectivity index (χ4v) is 1.44. The molecule has 2 aliphatic rings. The number of nitrogens with one attached hydrogen (secondary N) is 1. The highest BCUT2D eigenvalue weighted by Crippen LogP contribution is 2.32. The molecule has 80 valence electrons. The minimum Gasteiger partial charge on any atom is -0.349 e.